The van der Waals surface area contributed by atoms with Gasteiger partial charge in [-0.1, -0.05) is 0 Å². The van der Waals surface area contributed by atoms with Gasteiger partial charge in [0.15, 0.2) is 0 Å². The zero-order valence-corrected chi connectivity index (χ0v) is 10.8. The molecule has 0 saturated carbocycles. The molecule has 0 aromatic rings. The van der Waals surface area contributed by atoms with E-state index in [4.69, 9.17) is 10.5 Å². The highest BCUT2D eigenvalue weighted by atomic mass is 32.2. The minimum absolute atomic E-state index is 0.00973. The standard InChI is InChI=1S/C11H23NOS/c1-10(2)6-8(9(12)7-14-5)11(3,4)13-10/h8-9H,6-7,12H2,1-5H3. The molecule has 0 aromatic heterocycles. The lowest BCUT2D eigenvalue weighted by Crippen LogP contribution is -2.42. The molecular formula is C11H23NOS. The maximum Gasteiger partial charge on any atom is 0.0677 e. The first-order valence-corrected chi connectivity index (χ1v) is 6.62. The average Bonchev–Trinajstić information content (AvgIpc) is 2.19. The molecule has 0 aliphatic carbocycles. The van der Waals surface area contributed by atoms with Gasteiger partial charge in [-0.2, -0.15) is 11.8 Å². The van der Waals surface area contributed by atoms with Crippen LogP contribution in [0.4, 0.5) is 0 Å². The first-order valence-electron chi connectivity index (χ1n) is 5.23. The third kappa shape index (κ3) is 2.65. The van der Waals surface area contributed by atoms with Crippen LogP contribution in [0, 0.1) is 5.92 Å². The summed E-state index contributed by atoms with van der Waals surface area (Å²) in [7, 11) is 0. The minimum atomic E-state index is -0.0708. The smallest absolute Gasteiger partial charge is 0.0677 e. The van der Waals surface area contributed by atoms with E-state index in [0.717, 1.165) is 12.2 Å². The predicted molar refractivity (Wildman–Crippen MR) is 63.7 cm³/mol. The van der Waals surface area contributed by atoms with E-state index in [-0.39, 0.29) is 17.2 Å². The van der Waals surface area contributed by atoms with Crippen molar-refractivity contribution in [3.8, 4) is 0 Å². The Hall–Kier alpha value is 0.270. The molecule has 2 N–H and O–H groups in total. The van der Waals surface area contributed by atoms with Crippen molar-refractivity contribution in [2.75, 3.05) is 12.0 Å². The monoisotopic (exact) mass is 217 g/mol. The van der Waals surface area contributed by atoms with E-state index < -0.39 is 0 Å². The second kappa shape index (κ2) is 4.03. The number of hydrogen-bond donors (Lipinski definition) is 1. The second-order valence-corrected chi connectivity index (χ2v) is 6.31. The SMILES string of the molecule is CSCC(N)C1CC(C)(C)OC1(C)C. The van der Waals surface area contributed by atoms with Crippen molar-refractivity contribution in [3.05, 3.63) is 0 Å². The summed E-state index contributed by atoms with van der Waals surface area (Å²) in [6, 6.07) is 0.252. The van der Waals surface area contributed by atoms with Crippen LogP contribution in [0.1, 0.15) is 34.1 Å². The van der Waals surface area contributed by atoms with Gasteiger partial charge in [-0.05, 0) is 40.4 Å². The van der Waals surface area contributed by atoms with Gasteiger partial charge in [0.1, 0.15) is 0 Å². The van der Waals surface area contributed by atoms with Crippen molar-refractivity contribution in [1.29, 1.82) is 0 Å². The third-order valence-corrected chi connectivity index (χ3v) is 3.74. The van der Waals surface area contributed by atoms with Crippen LogP contribution in [0.15, 0.2) is 0 Å². The maximum atomic E-state index is 6.19. The highest BCUT2D eigenvalue weighted by Gasteiger charge is 2.47. The lowest BCUT2D eigenvalue weighted by molar-refractivity contribution is -0.0759. The average molecular weight is 217 g/mol. The summed E-state index contributed by atoms with van der Waals surface area (Å²) < 4.78 is 6.03. The van der Waals surface area contributed by atoms with E-state index >= 15 is 0 Å². The van der Waals surface area contributed by atoms with Gasteiger partial charge in [0.2, 0.25) is 0 Å². The van der Waals surface area contributed by atoms with Crippen LogP contribution >= 0.6 is 11.8 Å². The molecule has 0 bridgehead atoms. The van der Waals surface area contributed by atoms with E-state index in [9.17, 15) is 0 Å². The first kappa shape index (κ1) is 12.3. The van der Waals surface area contributed by atoms with Gasteiger partial charge in [-0.3, -0.25) is 0 Å². The van der Waals surface area contributed by atoms with Crippen molar-refractivity contribution < 1.29 is 4.74 Å². The maximum absolute atomic E-state index is 6.19. The number of rotatable bonds is 3. The Labute approximate surface area is 92.0 Å². The van der Waals surface area contributed by atoms with E-state index in [1.54, 1.807) is 0 Å². The van der Waals surface area contributed by atoms with E-state index in [2.05, 4.69) is 34.0 Å². The Morgan fingerprint density at radius 3 is 2.36 bits per heavy atom. The zero-order chi connectivity index (χ0) is 11.0. The molecule has 2 nitrogen and oxygen atoms in total. The van der Waals surface area contributed by atoms with E-state index in [1.807, 2.05) is 11.8 Å². The highest BCUT2D eigenvalue weighted by Crippen LogP contribution is 2.43. The van der Waals surface area contributed by atoms with Gasteiger partial charge in [0.05, 0.1) is 11.2 Å². The van der Waals surface area contributed by atoms with Gasteiger partial charge in [-0.25, -0.2) is 0 Å². The predicted octanol–water partition coefficient (Wildman–Crippen LogP) is 2.27. The molecule has 0 radical (unpaired) electrons. The Morgan fingerprint density at radius 2 is 2.00 bits per heavy atom. The molecule has 1 aliphatic heterocycles. The summed E-state index contributed by atoms with van der Waals surface area (Å²) in [6.45, 7) is 8.63. The zero-order valence-electron chi connectivity index (χ0n) is 9.96. The molecule has 3 heteroatoms. The summed E-state index contributed by atoms with van der Waals surface area (Å²) in [5.41, 5.74) is 6.10. The largest absolute Gasteiger partial charge is 0.369 e. The van der Waals surface area contributed by atoms with E-state index in [0.29, 0.717) is 5.92 Å². The molecule has 1 rings (SSSR count). The molecule has 1 fully saturated rings. The highest BCUT2D eigenvalue weighted by molar-refractivity contribution is 7.98. The molecule has 2 unspecified atom stereocenters. The van der Waals surface area contributed by atoms with Crippen LogP contribution in [-0.2, 0) is 4.74 Å². The van der Waals surface area contributed by atoms with E-state index in [1.165, 1.54) is 0 Å². The Kier molecular flexibility index (Phi) is 3.55. The molecule has 1 saturated heterocycles. The van der Waals surface area contributed by atoms with Gasteiger partial charge < -0.3 is 10.5 Å². The summed E-state index contributed by atoms with van der Waals surface area (Å²) in [5.74, 6) is 1.50. The Bertz CT molecular complexity index is 203. The molecule has 2 atom stereocenters. The number of nitrogens with two attached hydrogens (primary N) is 1. The molecule has 1 aliphatic rings. The van der Waals surface area contributed by atoms with Crippen LogP contribution in [0.3, 0.4) is 0 Å². The van der Waals surface area contributed by atoms with Crippen LogP contribution in [0.2, 0.25) is 0 Å². The summed E-state index contributed by atoms with van der Waals surface area (Å²) >= 11 is 1.82. The fraction of sp³-hybridized carbons (Fsp3) is 1.00. The van der Waals surface area contributed by atoms with Crippen LogP contribution in [-0.4, -0.2) is 29.3 Å². The van der Waals surface area contributed by atoms with Crippen LogP contribution in [0.25, 0.3) is 0 Å². The molecule has 14 heavy (non-hydrogen) atoms. The summed E-state index contributed by atoms with van der Waals surface area (Å²) in [5, 5.41) is 0. The van der Waals surface area contributed by atoms with Crippen molar-refractivity contribution in [2.45, 2.75) is 51.4 Å². The Balaban J connectivity index is 2.69. The number of thioether (sulfide) groups is 1. The lowest BCUT2D eigenvalue weighted by atomic mass is 9.83. The fourth-order valence-corrected chi connectivity index (χ4v) is 3.20. The molecule has 0 amide bonds. The summed E-state index contributed by atoms with van der Waals surface area (Å²) in [4.78, 5) is 0. The molecule has 84 valence electrons. The Morgan fingerprint density at radius 1 is 1.43 bits per heavy atom. The first-order chi connectivity index (χ1) is 6.28. The molecule has 0 aromatic carbocycles. The second-order valence-electron chi connectivity index (χ2n) is 5.40. The van der Waals surface area contributed by atoms with Crippen LogP contribution in [0.5, 0.6) is 0 Å². The molecule has 0 spiro atoms. The molecular weight excluding hydrogens is 194 g/mol. The van der Waals surface area contributed by atoms with Gasteiger partial charge >= 0.3 is 0 Å². The van der Waals surface area contributed by atoms with Crippen molar-refractivity contribution in [2.24, 2.45) is 11.7 Å². The topological polar surface area (TPSA) is 35.2 Å². The summed E-state index contributed by atoms with van der Waals surface area (Å²) in [6.07, 6.45) is 3.18. The quantitative estimate of drug-likeness (QED) is 0.787. The normalized spacial score (nSPS) is 31.7. The van der Waals surface area contributed by atoms with Crippen molar-refractivity contribution in [1.82, 2.24) is 0 Å². The number of hydrogen-bond acceptors (Lipinski definition) is 3. The van der Waals surface area contributed by atoms with Gasteiger partial charge in [0, 0.05) is 17.7 Å². The molecule has 1 heterocycles. The third-order valence-electron chi connectivity index (χ3n) is 3.02. The fourth-order valence-electron chi connectivity index (χ4n) is 2.58. The lowest BCUT2D eigenvalue weighted by Gasteiger charge is -2.30. The van der Waals surface area contributed by atoms with Crippen LogP contribution < -0.4 is 5.73 Å². The van der Waals surface area contributed by atoms with Gasteiger partial charge in [0.25, 0.3) is 0 Å². The van der Waals surface area contributed by atoms with Gasteiger partial charge in [-0.15, -0.1) is 0 Å². The minimum Gasteiger partial charge on any atom is -0.369 e. The van der Waals surface area contributed by atoms with Crippen molar-refractivity contribution >= 4 is 11.8 Å². The number of ether oxygens (including phenoxy) is 1. The van der Waals surface area contributed by atoms with Crippen molar-refractivity contribution in [3.63, 3.8) is 0 Å².